The average Bonchev–Trinajstić information content (AvgIpc) is 3.22. The molecule has 0 saturated carbocycles. The summed E-state index contributed by atoms with van der Waals surface area (Å²) in [6, 6.07) is 8.25. The summed E-state index contributed by atoms with van der Waals surface area (Å²) in [6.45, 7) is 3.34. The predicted molar refractivity (Wildman–Crippen MR) is 153 cm³/mol. The highest BCUT2D eigenvalue weighted by atomic mass is 32.2. The zero-order valence-electron chi connectivity index (χ0n) is 23.5. The van der Waals surface area contributed by atoms with Gasteiger partial charge in [0, 0.05) is 58.3 Å². The van der Waals surface area contributed by atoms with Gasteiger partial charge in [0.05, 0.1) is 21.7 Å². The van der Waals surface area contributed by atoms with Gasteiger partial charge in [-0.25, -0.2) is 12.8 Å². The van der Waals surface area contributed by atoms with Gasteiger partial charge in [0.25, 0.3) is 11.8 Å². The number of anilines is 1. The molecule has 1 unspecified atom stereocenters. The maximum Gasteiger partial charge on any atom is 0.262 e. The maximum atomic E-state index is 15.3. The van der Waals surface area contributed by atoms with Gasteiger partial charge in [-0.2, -0.15) is 4.31 Å². The van der Waals surface area contributed by atoms with Crippen molar-refractivity contribution in [1.82, 2.24) is 19.4 Å². The van der Waals surface area contributed by atoms with Gasteiger partial charge in [0.1, 0.15) is 11.9 Å². The topological polar surface area (TPSA) is 153 Å². The molecular weight excluding hydrogens is 579 g/mol. The number of sulfonamides is 1. The minimum atomic E-state index is -3.61. The number of carbonyl (C=O) groups excluding carboxylic acids is 4. The van der Waals surface area contributed by atoms with Gasteiger partial charge < -0.3 is 10.6 Å². The second-order valence-corrected chi connectivity index (χ2v) is 13.4. The van der Waals surface area contributed by atoms with Gasteiger partial charge in [-0.3, -0.25) is 34.3 Å². The lowest BCUT2D eigenvalue weighted by Gasteiger charge is -2.36. The SMILES string of the molecule is NC1CCN(S(=O)(=O)c2cccc(CN3CCN(c4cc5c(cc4F)C(=O)N(C4CCC(=O)NC4=O)C5=O)CC3)c2)CC1. The van der Waals surface area contributed by atoms with Crippen LogP contribution in [0.5, 0.6) is 0 Å². The number of imide groups is 2. The smallest absolute Gasteiger partial charge is 0.262 e. The predicted octanol–water partition coefficient (Wildman–Crippen LogP) is 0.661. The highest BCUT2D eigenvalue weighted by Gasteiger charge is 2.45. The molecule has 12 nitrogen and oxygen atoms in total. The number of fused-ring (bicyclic) bond motifs is 1. The Labute approximate surface area is 248 Å². The maximum absolute atomic E-state index is 15.3. The summed E-state index contributed by atoms with van der Waals surface area (Å²) in [6.07, 6.45) is 1.30. The molecule has 0 radical (unpaired) electrons. The van der Waals surface area contributed by atoms with E-state index in [1.165, 1.54) is 10.4 Å². The van der Waals surface area contributed by atoms with E-state index < -0.39 is 45.5 Å². The number of halogens is 1. The van der Waals surface area contributed by atoms with Crippen LogP contribution in [0.4, 0.5) is 10.1 Å². The summed E-state index contributed by atoms with van der Waals surface area (Å²) >= 11 is 0. The van der Waals surface area contributed by atoms with Gasteiger partial charge in [-0.15, -0.1) is 0 Å². The second kappa shape index (κ2) is 11.4. The van der Waals surface area contributed by atoms with Crippen molar-refractivity contribution < 1.29 is 32.0 Å². The summed E-state index contributed by atoms with van der Waals surface area (Å²) in [4.78, 5) is 55.0. The Morgan fingerprint density at radius 1 is 0.884 bits per heavy atom. The molecule has 3 N–H and O–H groups in total. The first-order valence-electron chi connectivity index (χ1n) is 14.4. The summed E-state index contributed by atoms with van der Waals surface area (Å²) in [5, 5.41) is 2.15. The lowest BCUT2D eigenvalue weighted by Crippen LogP contribution is -2.54. The Balaban J connectivity index is 1.11. The van der Waals surface area contributed by atoms with E-state index in [0.29, 0.717) is 58.7 Å². The van der Waals surface area contributed by atoms with Crippen LogP contribution < -0.4 is 16.0 Å². The fourth-order valence-electron chi connectivity index (χ4n) is 6.20. The monoisotopic (exact) mass is 612 g/mol. The van der Waals surface area contributed by atoms with Crippen LogP contribution in [0, 0.1) is 5.82 Å². The Hall–Kier alpha value is -3.72. The third-order valence-corrected chi connectivity index (χ3v) is 10.6. The normalized spacial score (nSPS) is 22.7. The molecule has 3 saturated heterocycles. The Morgan fingerprint density at radius 2 is 1.56 bits per heavy atom. The first-order valence-corrected chi connectivity index (χ1v) is 15.8. The Morgan fingerprint density at radius 3 is 2.23 bits per heavy atom. The second-order valence-electron chi connectivity index (χ2n) is 11.4. The van der Waals surface area contributed by atoms with E-state index in [-0.39, 0.29) is 40.6 Å². The number of piperidine rings is 2. The third kappa shape index (κ3) is 5.55. The molecule has 2 aromatic carbocycles. The van der Waals surface area contributed by atoms with Crippen LogP contribution in [-0.4, -0.2) is 97.5 Å². The number of hydrogen-bond acceptors (Lipinski definition) is 9. The van der Waals surface area contributed by atoms with Gasteiger partial charge in [-0.05, 0) is 49.1 Å². The van der Waals surface area contributed by atoms with E-state index in [9.17, 15) is 27.6 Å². The minimum Gasteiger partial charge on any atom is -0.367 e. The molecule has 6 rings (SSSR count). The number of nitrogens with two attached hydrogens (primary N) is 1. The van der Waals surface area contributed by atoms with Crippen molar-refractivity contribution in [1.29, 1.82) is 0 Å². The van der Waals surface area contributed by atoms with Gasteiger partial charge >= 0.3 is 0 Å². The number of nitrogens with one attached hydrogen (secondary N) is 1. The molecule has 0 aliphatic carbocycles. The molecule has 0 bridgehead atoms. The van der Waals surface area contributed by atoms with Crippen LogP contribution in [0.3, 0.4) is 0 Å². The van der Waals surface area contributed by atoms with Crippen LogP contribution >= 0.6 is 0 Å². The molecule has 4 aliphatic heterocycles. The van der Waals surface area contributed by atoms with Crippen molar-refractivity contribution in [2.24, 2.45) is 5.73 Å². The van der Waals surface area contributed by atoms with Gasteiger partial charge in [-0.1, -0.05) is 12.1 Å². The molecular formula is C29H33FN6O6S. The van der Waals surface area contributed by atoms with Crippen molar-refractivity contribution >= 4 is 39.3 Å². The van der Waals surface area contributed by atoms with Crippen LogP contribution in [0.25, 0.3) is 0 Å². The van der Waals surface area contributed by atoms with Crippen LogP contribution in [0.2, 0.25) is 0 Å². The van der Waals surface area contributed by atoms with Crippen LogP contribution in [0.15, 0.2) is 41.3 Å². The van der Waals surface area contributed by atoms with E-state index in [1.807, 2.05) is 6.07 Å². The number of benzene rings is 2. The van der Waals surface area contributed by atoms with Crippen molar-refractivity contribution in [3.8, 4) is 0 Å². The first kappa shape index (κ1) is 29.4. The third-order valence-electron chi connectivity index (χ3n) is 8.66. The van der Waals surface area contributed by atoms with E-state index in [4.69, 9.17) is 5.73 Å². The number of carbonyl (C=O) groups is 4. The lowest BCUT2D eigenvalue weighted by atomic mass is 10.0. The van der Waals surface area contributed by atoms with E-state index in [0.717, 1.165) is 16.5 Å². The van der Waals surface area contributed by atoms with E-state index in [2.05, 4.69) is 10.2 Å². The summed E-state index contributed by atoms with van der Waals surface area (Å²) in [7, 11) is -3.61. The van der Waals surface area contributed by atoms with Crippen molar-refractivity contribution in [2.75, 3.05) is 44.2 Å². The fraction of sp³-hybridized carbons (Fsp3) is 0.448. The zero-order valence-corrected chi connectivity index (χ0v) is 24.3. The number of nitrogens with zero attached hydrogens (tertiary/aromatic N) is 4. The fourth-order valence-corrected chi connectivity index (χ4v) is 7.74. The average molecular weight is 613 g/mol. The zero-order chi connectivity index (χ0) is 30.5. The quantitative estimate of drug-likeness (QED) is 0.448. The van der Waals surface area contributed by atoms with Crippen molar-refractivity contribution in [3.63, 3.8) is 0 Å². The molecule has 2 aromatic rings. The number of rotatable bonds is 6. The summed E-state index contributed by atoms with van der Waals surface area (Å²) in [5.41, 5.74) is 6.91. The van der Waals surface area contributed by atoms with Crippen molar-refractivity contribution in [3.05, 3.63) is 58.9 Å². The molecule has 228 valence electrons. The standard InChI is InChI=1S/C29H33FN6O6S/c30-23-15-21-22(29(40)36(28(21)39)24-4-5-26(37)32-27(24)38)16-25(23)34-12-10-33(11-13-34)17-18-2-1-3-20(14-18)43(41,42)35-8-6-19(31)7-9-35/h1-3,14-16,19,24H,4-13,17,31H2,(H,32,37,38). The molecule has 4 amide bonds. The number of hydrogen-bond donors (Lipinski definition) is 2. The molecule has 0 aromatic heterocycles. The molecule has 43 heavy (non-hydrogen) atoms. The van der Waals surface area contributed by atoms with E-state index in [1.54, 1.807) is 23.1 Å². The number of amides is 4. The molecule has 14 heteroatoms. The molecule has 1 atom stereocenters. The van der Waals surface area contributed by atoms with Gasteiger partial charge in [0.15, 0.2) is 0 Å². The van der Waals surface area contributed by atoms with Crippen molar-refractivity contribution in [2.45, 2.75) is 49.2 Å². The summed E-state index contributed by atoms with van der Waals surface area (Å²) < 4.78 is 43.1. The highest BCUT2D eigenvalue weighted by molar-refractivity contribution is 7.89. The first-order chi connectivity index (χ1) is 20.5. The van der Waals surface area contributed by atoms with Crippen LogP contribution in [0.1, 0.15) is 52.0 Å². The Kier molecular flexibility index (Phi) is 7.79. The van der Waals surface area contributed by atoms with Crippen LogP contribution in [-0.2, 0) is 26.2 Å². The summed E-state index contributed by atoms with van der Waals surface area (Å²) in [5.74, 6) is -3.27. The van der Waals surface area contributed by atoms with Gasteiger partial charge in [0.2, 0.25) is 21.8 Å². The molecule has 4 aliphatic rings. The van der Waals surface area contributed by atoms with E-state index >= 15 is 4.39 Å². The lowest BCUT2D eigenvalue weighted by molar-refractivity contribution is -0.136. The molecule has 4 heterocycles. The minimum absolute atomic E-state index is 0.00141. The molecule has 0 spiro atoms. The molecule has 3 fully saturated rings. The number of piperazine rings is 1. The Bertz CT molecular complexity index is 1600. The largest absolute Gasteiger partial charge is 0.367 e. The highest BCUT2D eigenvalue weighted by Crippen LogP contribution is 2.33.